The molecule has 0 amide bonds. The third kappa shape index (κ3) is 2.62. The van der Waals surface area contributed by atoms with Crippen LogP contribution < -0.4 is 4.90 Å². The number of hydrogen-bond donors (Lipinski definition) is 1. The molecule has 1 aromatic carbocycles. The summed E-state index contributed by atoms with van der Waals surface area (Å²) in [6, 6.07) is 3.37. The monoisotopic (exact) mass is 295 g/mol. The van der Waals surface area contributed by atoms with Crippen LogP contribution >= 0.6 is 0 Å². The molecule has 0 radical (unpaired) electrons. The van der Waals surface area contributed by atoms with Crippen molar-refractivity contribution in [1.82, 2.24) is 0 Å². The van der Waals surface area contributed by atoms with E-state index in [1.54, 1.807) is 11.8 Å². The van der Waals surface area contributed by atoms with Crippen molar-refractivity contribution >= 4 is 23.0 Å². The number of carboxylic acids is 1. The van der Waals surface area contributed by atoms with Gasteiger partial charge < -0.3 is 10.0 Å². The van der Waals surface area contributed by atoms with Crippen LogP contribution in [0.25, 0.3) is 0 Å². The summed E-state index contributed by atoms with van der Waals surface area (Å²) in [6.45, 7) is 2.05. The van der Waals surface area contributed by atoms with Crippen molar-refractivity contribution in [3.05, 3.63) is 38.4 Å². The summed E-state index contributed by atoms with van der Waals surface area (Å²) in [5.41, 5.74) is -1.53. The fourth-order valence-corrected chi connectivity index (χ4v) is 2.38. The number of nitro groups is 2. The number of nitro benzene ring substituents is 2. The smallest absolute Gasteiger partial charge is 0.311 e. The molecule has 1 atom stereocenters. The number of anilines is 1. The van der Waals surface area contributed by atoms with Crippen LogP contribution in [-0.2, 0) is 4.79 Å². The average Bonchev–Trinajstić information content (AvgIpc) is 2.82. The van der Waals surface area contributed by atoms with Crippen LogP contribution in [-0.4, -0.2) is 34.0 Å². The molecule has 0 saturated carbocycles. The first-order valence-electron chi connectivity index (χ1n) is 6.16. The zero-order valence-corrected chi connectivity index (χ0v) is 11.2. The Balaban J connectivity index is 2.39. The Morgan fingerprint density at radius 3 is 2.48 bits per heavy atom. The lowest BCUT2D eigenvalue weighted by Gasteiger charge is -2.21. The molecule has 2 rings (SSSR count). The average molecular weight is 295 g/mol. The van der Waals surface area contributed by atoms with Gasteiger partial charge in [0.1, 0.15) is 5.69 Å². The first-order valence-corrected chi connectivity index (χ1v) is 6.16. The van der Waals surface area contributed by atoms with Gasteiger partial charge in [0, 0.05) is 19.2 Å². The third-order valence-corrected chi connectivity index (χ3v) is 3.70. The lowest BCUT2D eigenvalue weighted by molar-refractivity contribution is -0.393. The highest BCUT2D eigenvalue weighted by molar-refractivity contribution is 5.77. The van der Waals surface area contributed by atoms with Gasteiger partial charge in [-0.3, -0.25) is 25.0 Å². The molecule has 0 bridgehead atoms. The number of aliphatic carboxylic acids is 1. The normalized spacial score (nSPS) is 21.3. The Bertz CT molecular complexity index is 631. The zero-order valence-electron chi connectivity index (χ0n) is 11.2. The first-order chi connectivity index (χ1) is 9.74. The minimum absolute atomic E-state index is 0.126. The van der Waals surface area contributed by atoms with Gasteiger partial charge in [0.05, 0.1) is 21.3 Å². The summed E-state index contributed by atoms with van der Waals surface area (Å²) in [5.74, 6) is -0.963. The highest BCUT2D eigenvalue weighted by Gasteiger charge is 2.42. The highest BCUT2D eigenvalue weighted by atomic mass is 16.6. The van der Waals surface area contributed by atoms with Gasteiger partial charge in [0.2, 0.25) is 0 Å². The Kier molecular flexibility index (Phi) is 3.50. The lowest BCUT2D eigenvalue weighted by atomic mass is 9.90. The van der Waals surface area contributed by atoms with Crippen LogP contribution in [0.2, 0.25) is 0 Å². The van der Waals surface area contributed by atoms with E-state index in [2.05, 4.69) is 0 Å². The zero-order chi connectivity index (χ0) is 15.8. The summed E-state index contributed by atoms with van der Waals surface area (Å²) in [4.78, 5) is 33.2. The molecule has 1 heterocycles. The van der Waals surface area contributed by atoms with Gasteiger partial charge in [-0.2, -0.15) is 0 Å². The quantitative estimate of drug-likeness (QED) is 0.662. The van der Waals surface area contributed by atoms with E-state index < -0.39 is 21.2 Å². The van der Waals surface area contributed by atoms with Crippen molar-refractivity contribution < 1.29 is 19.7 Å². The highest BCUT2D eigenvalue weighted by Crippen LogP contribution is 2.38. The number of hydrogen-bond acceptors (Lipinski definition) is 6. The molecular formula is C12H13N3O6. The van der Waals surface area contributed by atoms with Crippen LogP contribution in [0.15, 0.2) is 18.2 Å². The molecule has 9 nitrogen and oxygen atoms in total. The van der Waals surface area contributed by atoms with Crippen LogP contribution in [0.3, 0.4) is 0 Å². The Labute approximate surface area is 119 Å². The van der Waals surface area contributed by atoms with Crippen molar-refractivity contribution in [2.24, 2.45) is 5.41 Å². The van der Waals surface area contributed by atoms with Gasteiger partial charge in [0.15, 0.2) is 0 Å². The Morgan fingerprint density at radius 2 is 2.00 bits per heavy atom. The summed E-state index contributed by atoms with van der Waals surface area (Å²) in [7, 11) is 0. The van der Waals surface area contributed by atoms with E-state index in [0.29, 0.717) is 13.0 Å². The first kappa shape index (κ1) is 14.7. The Morgan fingerprint density at radius 1 is 1.33 bits per heavy atom. The summed E-state index contributed by atoms with van der Waals surface area (Å²) < 4.78 is 0. The van der Waals surface area contributed by atoms with Gasteiger partial charge in [-0.15, -0.1) is 0 Å². The minimum atomic E-state index is -0.977. The molecule has 0 aliphatic carbocycles. The topological polar surface area (TPSA) is 127 Å². The number of benzene rings is 1. The number of nitrogens with zero attached hydrogens (tertiary/aromatic N) is 3. The maximum absolute atomic E-state index is 11.2. The molecule has 1 aromatic rings. The van der Waals surface area contributed by atoms with Crippen LogP contribution in [0, 0.1) is 25.6 Å². The second-order valence-corrected chi connectivity index (χ2v) is 5.22. The Hall–Kier alpha value is -2.71. The number of carboxylic acid groups (broad SMARTS) is 1. The van der Waals surface area contributed by atoms with Crippen molar-refractivity contribution in [2.45, 2.75) is 13.3 Å². The number of non-ortho nitro benzene ring substituents is 1. The van der Waals surface area contributed by atoms with E-state index in [4.69, 9.17) is 0 Å². The molecule has 1 fully saturated rings. The van der Waals surface area contributed by atoms with Crippen LogP contribution in [0.4, 0.5) is 17.1 Å². The molecule has 1 N–H and O–H groups in total. The largest absolute Gasteiger partial charge is 0.481 e. The van der Waals surface area contributed by atoms with Gasteiger partial charge in [0.25, 0.3) is 11.4 Å². The van der Waals surface area contributed by atoms with Gasteiger partial charge >= 0.3 is 5.97 Å². The molecule has 1 saturated heterocycles. The van der Waals surface area contributed by atoms with E-state index in [9.17, 15) is 30.1 Å². The van der Waals surface area contributed by atoms with E-state index >= 15 is 0 Å². The SMILES string of the molecule is CC1(C(=O)O)CCN(c2ccc([N+](=O)[O-])cc2[N+](=O)[O-])C1. The van der Waals surface area contributed by atoms with Gasteiger partial charge in [-0.1, -0.05) is 0 Å². The maximum atomic E-state index is 11.2. The molecule has 0 aromatic heterocycles. The van der Waals surface area contributed by atoms with E-state index in [1.165, 1.54) is 12.1 Å². The molecule has 112 valence electrons. The van der Waals surface area contributed by atoms with Crippen molar-refractivity contribution in [3.8, 4) is 0 Å². The van der Waals surface area contributed by atoms with E-state index in [-0.39, 0.29) is 23.6 Å². The molecule has 1 aliphatic rings. The van der Waals surface area contributed by atoms with Crippen molar-refractivity contribution in [2.75, 3.05) is 18.0 Å². The third-order valence-electron chi connectivity index (χ3n) is 3.70. The second kappa shape index (κ2) is 5.00. The van der Waals surface area contributed by atoms with Crippen molar-refractivity contribution in [3.63, 3.8) is 0 Å². The number of carbonyl (C=O) groups is 1. The maximum Gasteiger partial charge on any atom is 0.311 e. The predicted octanol–water partition coefficient (Wildman–Crippen LogP) is 1.80. The summed E-state index contributed by atoms with van der Waals surface area (Å²) in [5, 5.41) is 31.0. The molecule has 0 spiro atoms. The molecular weight excluding hydrogens is 282 g/mol. The fraction of sp³-hybridized carbons (Fsp3) is 0.417. The standard InChI is InChI=1S/C12H13N3O6/c1-12(11(16)17)4-5-13(7-12)9-3-2-8(14(18)19)6-10(9)15(20)21/h2-3,6H,4-5,7H2,1H3,(H,16,17). The van der Waals surface area contributed by atoms with E-state index in [0.717, 1.165) is 6.07 Å². The van der Waals surface area contributed by atoms with Crippen LogP contribution in [0.5, 0.6) is 0 Å². The summed E-state index contributed by atoms with van der Waals surface area (Å²) in [6.07, 6.45) is 0.358. The number of rotatable bonds is 4. The molecule has 9 heteroatoms. The molecule has 21 heavy (non-hydrogen) atoms. The van der Waals surface area contributed by atoms with E-state index in [1.807, 2.05) is 0 Å². The van der Waals surface area contributed by atoms with Crippen LogP contribution in [0.1, 0.15) is 13.3 Å². The van der Waals surface area contributed by atoms with Crippen molar-refractivity contribution in [1.29, 1.82) is 0 Å². The fourth-order valence-electron chi connectivity index (χ4n) is 2.38. The minimum Gasteiger partial charge on any atom is -0.481 e. The predicted molar refractivity (Wildman–Crippen MR) is 72.3 cm³/mol. The lowest BCUT2D eigenvalue weighted by Crippen LogP contribution is -2.31. The van der Waals surface area contributed by atoms with Gasteiger partial charge in [-0.25, -0.2) is 0 Å². The second-order valence-electron chi connectivity index (χ2n) is 5.22. The van der Waals surface area contributed by atoms with Gasteiger partial charge in [-0.05, 0) is 19.4 Å². The summed E-state index contributed by atoms with van der Waals surface area (Å²) >= 11 is 0. The molecule has 1 aliphatic heterocycles. The molecule has 1 unspecified atom stereocenters.